The van der Waals surface area contributed by atoms with E-state index in [4.69, 9.17) is 4.42 Å². The summed E-state index contributed by atoms with van der Waals surface area (Å²) in [6, 6.07) is 0.392. The summed E-state index contributed by atoms with van der Waals surface area (Å²) in [5.74, 6) is 0.806. The molecule has 8 heteroatoms. The fraction of sp³-hybridized carbons (Fsp3) is 0.667. The van der Waals surface area contributed by atoms with Gasteiger partial charge in [-0.15, -0.1) is 10.2 Å². The van der Waals surface area contributed by atoms with E-state index in [0.717, 1.165) is 12.8 Å². The third-order valence-electron chi connectivity index (χ3n) is 3.70. The van der Waals surface area contributed by atoms with E-state index in [1.807, 2.05) is 11.9 Å². The van der Waals surface area contributed by atoms with E-state index in [9.17, 15) is 4.79 Å². The van der Waals surface area contributed by atoms with Crippen molar-refractivity contribution in [3.63, 3.8) is 0 Å². The lowest BCUT2D eigenvalue weighted by atomic mass is 9.94. The summed E-state index contributed by atoms with van der Waals surface area (Å²) in [5.41, 5.74) is 0. The van der Waals surface area contributed by atoms with Crippen molar-refractivity contribution in [1.29, 1.82) is 0 Å². The molecule has 0 N–H and O–H groups in total. The van der Waals surface area contributed by atoms with Crippen LogP contribution in [0.1, 0.15) is 32.1 Å². The molecule has 0 atom stereocenters. The summed E-state index contributed by atoms with van der Waals surface area (Å²) in [7, 11) is 1.89. The number of hydrogen-bond donors (Lipinski definition) is 0. The molecule has 108 valence electrons. The summed E-state index contributed by atoms with van der Waals surface area (Å²) in [4.78, 5) is 14.0. The zero-order valence-corrected chi connectivity index (χ0v) is 12.2. The van der Waals surface area contributed by atoms with Crippen molar-refractivity contribution < 1.29 is 9.21 Å². The quantitative estimate of drug-likeness (QED) is 0.797. The van der Waals surface area contributed by atoms with Gasteiger partial charge in [-0.25, -0.2) is 0 Å². The Morgan fingerprint density at radius 3 is 3.05 bits per heavy atom. The number of rotatable bonds is 4. The second-order valence-corrected chi connectivity index (χ2v) is 5.94. The average Bonchev–Trinajstić information content (AvgIpc) is 3.06. The summed E-state index contributed by atoms with van der Waals surface area (Å²) in [5, 5.41) is 12.0. The van der Waals surface area contributed by atoms with Crippen molar-refractivity contribution in [1.82, 2.24) is 24.7 Å². The number of aromatic nitrogens is 4. The molecular formula is C12H17N5O2S. The summed E-state index contributed by atoms with van der Waals surface area (Å²) < 4.78 is 6.81. The minimum absolute atomic E-state index is 0.121. The largest absolute Gasteiger partial charge is 0.396 e. The highest BCUT2D eigenvalue weighted by Gasteiger charge is 2.22. The van der Waals surface area contributed by atoms with Crippen molar-refractivity contribution >= 4 is 23.5 Å². The van der Waals surface area contributed by atoms with E-state index in [1.165, 1.54) is 41.9 Å². The maximum absolute atomic E-state index is 12.2. The van der Waals surface area contributed by atoms with Crippen LogP contribution in [0.3, 0.4) is 0 Å². The van der Waals surface area contributed by atoms with Crippen LogP contribution in [0, 0.1) is 0 Å². The van der Waals surface area contributed by atoms with Crippen LogP contribution >= 0.6 is 11.8 Å². The van der Waals surface area contributed by atoms with Gasteiger partial charge in [-0.05, 0) is 12.8 Å². The smallest absolute Gasteiger partial charge is 0.345 e. The van der Waals surface area contributed by atoms with Crippen LogP contribution in [0.25, 0.3) is 5.84 Å². The lowest BCUT2D eigenvalue weighted by molar-refractivity contribution is -0.129. The number of carbonyl (C=O) groups is 1. The van der Waals surface area contributed by atoms with Gasteiger partial charge in [-0.1, -0.05) is 36.1 Å². The molecule has 3 rings (SSSR count). The molecule has 1 aliphatic rings. The van der Waals surface area contributed by atoms with E-state index in [1.54, 1.807) is 0 Å². The average molecular weight is 295 g/mol. The van der Waals surface area contributed by atoms with Gasteiger partial charge >= 0.3 is 5.84 Å². The Balaban J connectivity index is 1.54. The van der Waals surface area contributed by atoms with E-state index >= 15 is 0 Å². The highest BCUT2D eigenvalue weighted by atomic mass is 32.2. The number of amides is 1. The van der Waals surface area contributed by atoms with Crippen molar-refractivity contribution in [2.24, 2.45) is 0 Å². The summed E-state index contributed by atoms with van der Waals surface area (Å²) >= 11 is 1.29. The van der Waals surface area contributed by atoms with Gasteiger partial charge in [-0.2, -0.15) is 4.52 Å². The molecule has 7 nitrogen and oxygen atoms in total. The van der Waals surface area contributed by atoms with Gasteiger partial charge in [0, 0.05) is 13.1 Å². The molecular weight excluding hydrogens is 278 g/mol. The minimum atomic E-state index is 0.121. The second kappa shape index (κ2) is 5.82. The van der Waals surface area contributed by atoms with Gasteiger partial charge in [0.25, 0.3) is 5.22 Å². The maximum atomic E-state index is 12.2. The molecule has 2 aromatic rings. The van der Waals surface area contributed by atoms with Crippen LogP contribution in [-0.4, -0.2) is 49.5 Å². The molecule has 0 spiro atoms. The summed E-state index contributed by atoms with van der Waals surface area (Å²) in [6.45, 7) is 0. The maximum Gasteiger partial charge on any atom is 0.345 e. The molecule has 2 aromatic heterocycles. The third-order valence-corrected chi connectivity index (χ3v) is 4.51. The molecule has 0 radical (unpaired) electrons. The molecule has 0 aromatic carbocycles. The first-order chi connectivity index (χ1) is 9.74. The first kappa shape index (κ1) is 13.4. The van der Waals surface area contributed by atoms with Crippen LogP contribution in [0.2, 0.25) is 0 Å². The summed E-state index contributed by atoms with van der Waals surface area (Å²) in [6.07, 6.45) is 7.44. The standard InChI is InChI=1S/C12H17N5O2S/c1-16(9-5-3-2-4-6-9)10(18)7-20-12-15-17-8-13-14-11(17)19-12/h8-9H,2-7H2,1H3. The van der Waals surface area contributed by atoms with Crippen LogP contribution < -0.4 is 0 Å². The van der Waals surface area contributed by atoms with Gasteiger partial charge < -0.3 is 9.32 Å². The monoisotopic (exact) mass is 295 g/mol. The van der Waals surface area contributed by atoms with E-state index in [-0.39, 0.29) is 5.91 Å². The Morgan fingerprint density at radius 2 is 2.30 bits per heavy atom. The number of thioether (sulfide) groups is 1. The second-order valence-electron chi connectivity index (χ2n) is 5.01. The van der Waals surface area contributed by atoms with Gasteiger partial charge in [-0.3, -0.25) is 4.79 Å². The topological polar surface area (TPSA) is 76.5 Å². The van der Waals surface area contributed by atoms with E-state index in [2.05, 4.69) is 15.3 Å². The van der Waals surface area contributed by atoms with Crippen LogP contribution in [0.4, 0.5) is 0 Å². The van der Waals surface area contributed by atoms with Gasteiger partial charge in [0.1, 0.15) is 6.33 Å². The highest BCUT2D eigenvalue weighted by Crippen LogP contribution is 2.23. The number of fused-ring (bicyclic) bond motifs is 1. The minimum Gasteiger partial charge on any atom is -0.396 e. The first-order valence-corrected chi connectivity index (χ1v) is 7.78. The number of carbonyl (C=O) groups excluding carboxylic acids is 1. The van der Waals surface area contributed by atoms with Crippen molar-refractivity contribution in [2.75, 3.05) is 12.8 Å². The van der Waals surface area contributed by atoms with Crippen LogP contribution in [0.5, 0.6) is 0 Å². The zero-order valence-electron chi connectivity index (χ0n) is 11.4. The molecule has 20 heavy (non-hydrogen) atoms. The molecule has 0 aliphatic heterocycles. The van der Waals surface area contributed by atoms with Crippen molar-refractivity contribution in [2.45, 2.75) is 43.4 Å². The molecule has 1 aliphatic carbocycles. The predicted molar refractivity (Wildman–Crippen MR) is 73.4 cm³/mol. The predicted octanol–water partition coefficient (Wildman–Crippen LogP) is 1.60. The third kappa shape index (κ3) is 2.79. The van der Waals surface area contributed by atoms with Crippen molar-refractivity contribution in [3.05, 3.63) is 6.33 Å². The normalized spacial score (nSPS) is 16.6. The molecule has 0 bridgehead atoms. The number of nitrogens with zero attached hydrogens (tertiary/aromatic N) is 5. The molecule has 0 unspecified atom stereocenters. The number of hydrogen-bond acceptors (Lipinski definition) is 6. The SMILES string of the molecule is CN(C(=O)CSc1nn2cnnc2o1)C1CCCCC1. The Morgan fingerprint density at radius 1 is 1.50 bits per heavy atom. The Bertz CT molecular complexity index is 561. The molecule has 1 fully saturated rings. The molecule has 1 amide bonds. The Kier molecular flexibility index (Phi) is 3.90. The van der Waals surface area contributed by atoms with Gasteiger partial charge in [0.2, 0.25) is 5.91 Å². The highest BCUT2D eigenvalue weighted by molar-refractivity contribution is 7.99. The molecule has 0 saturated heterocycles. The molecule has 1 saturated carbocycles. The zero-order chi connectivity index (χ0) is 13.9. The van der Waals surface area contributed by atoms with E-state index < -0.39 is 0 Å². The fourth-order valence-electron chi connectivity index (χ4n) is 2.50. The lowest BCUT2D eigenvalue weighted by Crippen LogP contribution is -2.39. The fourth-order valence-corrected chi connectivity index (χ4v) is 3.23. The first-order valence-electron chi connectivity index (χ1n) is 6.79. The van der Waals surface area contributed by atoms with Crippen molar-refractivity contribution in [3.8, 4) is 0 Å². The Labute approximate surface area is 120 Å². The lowest BCUT2D eigenvalue weighted by Gasteiger charge is -2.31. The van der Waals surface area contributed by atoms with Crippen LogP contribution in [-0.2, 0) is 4.79 Å². The Hall–Kier alpha value is -1.57. The van der Waals surface area contributed by atoms with Gasteiger partial charge in [0.15, 0.2) is 0 Å². The van der Waals surface area contributed by atoms with Gasteiger partial charge in [0.05, 0.1) is 5.75 Å². The van der Waals surface area contributed by atoms with E-state index in [0.29, 0.717) is 22.9 Å². The van der Waals surface area contributed by atoms with Crippen LogP contribution in [0.15, 0.2) is 16.0 Å². The molecule has 2 heterocycles.